The second-order valence-corrected chi connectivity index (χ2v) is 6.32. The Bertz CT molecular complexity index is 439. The summed E-state index contributed by atoms with van der Waals surface area (Å²) in [5, 5.41) is 4.28. The average molecular weight is 264 g/mol. The Morgan fingerprint density at radius 3 is 2.53 bits per heavy atom. The van der Waals surface area contributed by atoms with Crippen molar-refractivity contribution in [2.24, 2.45) is 11.7 Å². The van der Waals surface area contributed by atoms with Gasteiger partial charge in [-0.25, -0.2) is 0 Å². The zero-order valence-corrected chi connectivity index (χ0v) is 12.1. The molecule has 1 fully saturated rings. The molecule has 19 heavy (non-hydrogen) atoms. The molecule has 1 aliphatic rings. The van der Waals surface area contributed by atoms with Gasteiger partial charge in [0.15, 0.2) is 0 Å². The first kappa shape index (κ1) is 14.1. The minimum atomic E-state index is -0.0922. The predicted octanol–water partition coefficient (Wildman–Crippen LogP) is 1.45. The summed E-state index contributed by atoms with van der Waals surface area (Å²) in [7, 11) is 0. The van der Waals surface area contributed by atoms with Gasteiger partial charge in [0.1, 0.15) is 0 Å². The van der Waals surface area contributed by atoms with Crippen molar-refractivity contribution in [3.63, 3.8) is 0 Å². The smallest absolute Gasteiger partial charge is 0.257 e. The number of carbonyl (C=O) groups excluding carboxylic acids is 1. The summed E-state index contributed by atoms with van der Waals surface area (Å²) in [5.74, 6) is 0.660. The van der Waals surface area contributed by atoms with Gasteiger partial charge < -0.3 is 10.6 Å². The second kappa shape index (κ2) is 5.33. The summed E-state index contributed by atoms with van der Waals surface area (Å²) >= 11 is 0. The lowest BCUT2D eigenvalue weighted by molar-refractivity contribution is 0.0693. The number of hydrogen-bond donors (Lipinski definition) is 1. The number of rotatable bonds is 2. The summed E-state index contributed by atoms with van der Waals surface area (Å²) in [6, 6.07) is 0. The van der Waals surface area contributed by atoms with Gasteiger partial charge in [-0.05, 0) is 46.1 Å². The molecule has 0 aromatic carbocycles. The minimum absolute atomic E-state index is 0.0889. The maximum Gasteiger partial charge on any atom is 0.257 e. The van der Waals surface area contributed by atoms with E-state index >= 15 is 0 Å². The molecule has 5 heteroatoms. The van der Waals surface area contributed by atoms with E-state index in [-0.39, 0.29) is 11.4 Å². The molecule has 0 aliphatic carbocycles. The maximum atomic E-state index is 12.4. The van der Waals surface area contributed by atoms with Crippen molar-refractivity contribution in [2.75, 3.05) is 19.6 Å². The fraction of sp³-hybridized carbons (Fsp3) is 0.714. The Morgan fingerprint density at radius 2 is 2.05 bits per heavy atom. The van der Waals surface area contributed by atoms with E-state index in [0.717, 1.165) is 32.5 Å². The number of piperidine rings is 1. The van der Waals surface area contributed by atoms with Crippen molar-refractivity contribution in [3.8, 4) is 0 Å². The van der Waals surface area contributed by atoms with Gasteiger partial charge in [-0.3, -0.25) is 9.48 Å². The van der Waals surface area contributed by atoms with Crippen molar-refractivity contribution >= 4 is 5.91 Å². The molecule has 1 saturated heterocycles. The van der Waals surface area contributed by atoms with Gasteiger partial charge in [-0.2, -0.15) is 5.10 Å². The number of aromatic nitrogens is 2. The van der Waals surface area contributed by atoms with E-state index in [1.54, 1.807) is 6.20 Å². The molecular formula is C14H24N4O. The van der Waals surface area contributed by atoms with E-state index in [0.29, 0.717) is 11.5 Å². The first-order valence-electron chi connectivity index (χ1n) is 6.96. The van der Waals surface area contributed by atoms with E-state index < -0.39 is 0 Å². The number of nitrogens with zero attached hydrogens (tertiary/aromatic N) is 3. The van der Waals surface area contributed by atoms with E-state index in [2.05, 4.69) is 25.9 Å². The van der Waals surface area contributed by atoms with Crippen molar-refractivity contribution in [3.05, 3.63) is 18.0 Å². The first-order valence-corrected chi connectivity index (χ1v) is 6.96. The summed E-state index contributed by atoms with van der Waals surface area (Å²) in [5.41, 5.74) is 6.26. The largest absolute Gasteiger partial charge is 0.339 e. The Labute approximate surface area is 114 Å². The van der Waals surface area contributed by atoms with E-state index in [1.165, 1.54) is 0 Å². The van der Waals surface area contributed by atoms with Crippen molar-refractivity contribution in [2.45, 2.75) is 39.2 Å². The van der Waals surface area contributed by atoms with E-state index in [9.17, 15) is 4.79 Å². The monoisotopic (exact) mass is 264 g/mol. The summed E-state index contributed by atoms with van der Waals surface area (Å²) in [6.07, 6.45) is 5.53. The fourth-order valence-electron chi connectivity index (χ4n) is 2.35. The highest BCUT2D eigenvalue weighted by molar-refractivity contribution is 5.93. The summed E-state index contributed by atoms with van der Waals surface area (Å²) in [6.45, 7) is 8.55. The van der Waals surface area contributed by atoms with Crippen LogP contribution in [-0.2, 0) is 5.54 Å². The standard InChI is InChI=1S/C14H24N4O/c1-14(2,3)18-10-12(9-16-18)13(19)17-6-4-11(8-15)5-7-17/h9-11H,4-8,15H2,1-3H3. The van der Waals surface area contributed by atoms with Crippen molar-refractivity contribution in [1.29, 1.82) is 0 Å². The molecule has 1 aliphatic heterocycles. The van der Waals surface area contributed by atoms with Gasteiger partial charge >= 0.3 is 0 Å². The SMILES string of the molecule is CC(C)(C)n1cc(C(=O)N2CCC(CN)CC2)cn1. The van der Waals surface area contributed by atoms with Crippen LogP contribution >= 0.6 is 0 Å². The van der Waals surface area contributed by atoms with Gasteiger partial charge in [-0.15, -0.1) is 0 Å². The zero-order chi connectivity index (χ0) is 14.0. The van der Waals surface area contributed by atoms with E-state index in [4.69, 9.17) is 5.73 Å². The molecule has 0 spiro atoms. The highest BCUT2D eigenvalue weighted by Gasteiger charge is 2.24. The molecule has 0 unspecified atom stereocenters. The number of amides is 1. The average Bonchev–Trinajstić information content (AvgIpc) is 2.87. The lowest BCUT2D eigenvalue weighted by Gasteiger charge is -2.31. The van der Waals surface area contributed by atoms with Gasteiger partial charge in [0.2, 0.25) is 0 Å². The van der Waals surface area contributed by atoms with Crippen LogP contribution in [0.2, 0.25) is 0 Å². The van der Waals surface area contributed by atoms with Crippen LogP contribution in [0, 0.1) is 5.92 Å². The maximum absolute atomic E-state index is 12.4. The van der Waals surface area contributed by atoms with Gasteiger partial charge in [-0.1, -0.05) is 0 Å². The molecule has 0 bridgehead atoms. The van der Waals surface area contributed by atoms with E-state index in [1.807, 2.05) is 15.8 Å². The molecule has 1 amide bonds. The number of nitrogens with two attached hydrogens (primary N) is 1. The van der Waals surface area contributed by atoms with Crippen LogP contribution in [0.5, 0.6) is 0 Å². The Balaban J connectivity index is 2.02. The topological polar surface area (TPSA) is 64.2 Å². The molecule has 0 saturated carbocycles. The molecule has 0 radical (unpaired) electrons. The summed E-state index contributed by atoms with van der Waals surface area (Å²) in [4.78, 5) is 14.3. The quantitative estimate of drug-likeness (QED) is 0.879. The van der Waals surface area contributed by atoms with Crippen LogP contribution in [0.25, 0.3) is 0 Å². The van der Waals surface area contributed by atoms with Crippen LogP contribution in [0.4, 0.5) is 0 Å². The third kappa shape index (κ3) is 3.15. The van der Waals surface area contributed by atoms with Crippen LogP contribution in [0.3, 0.4) is 0 Å². The van der Waals surface area contributed by atoms with Crippen molar-refractivity contribution in [1.82, 2.24) is 14.7 Å². The van der Waals surface area contributed by atoms with Crippen LogP contribution in [0.1, 0.15) is 44.0 Å². The zero-order valence-electron chi connectivity index (χ0n) is 12.1. The van der Waals surface area contributed by atoms with Gasteiger partial charge in [0, 0.05) is 19.3 Å². The third-order valence-electron chi connectivity index (χ3n) is 3.75. The normalized spacial score (nSPS) is 17.8. The highest BCUT2D eigenvalue weighted by Crippen LogP contribution is 2.19. The number of likely N-dealkylation sites (tertiary alicyclic amines) is 1. The van der Waals surface area contributed by atoms with Gasteiger partial charge in [0.05, 0.1) is 17.3 Å². The third-order valence-corrected chi connectivity index (χ3v) is 3.75. The Hall–Kier alpha value is -1.36. The molecule has 1 aromatic heterocycles. The highest BCUT2D eigenvalue weighted by atomic mass is 16.2. The molecule has 2 heterocycles. The molecule has 0 atom stereocenters. The molecule has 1 aromatic rings. The van der Waals surface area contributed by atoms with Crippen molar-refractivity contribution < 1.29 is 4.79 Å². The van der Waals surface area contributed by atoms with Crippen LogP contribution < -0.4 is 5.73 Å². The minimum Gasteiger partial charge on any atom is -0.339 e. The second-order valence-electron chi connectivity index (χ2n) is 6.32. The molecule has 5 nitrogen and oxygen atoms in total. The first-order chi connectivity index (χ1) is 8.91. The number of hydrogen-bond acceptors (Lipinski definition) is 3. The van der Waals surface area contributed by atoms with Crippen LogP contribution in [0.15, 0.2) is 12.4 Å². The fourth-order valence-corrected chi connectivity index (χ4v) is 2.35. The number of carbonyl (C=O) groups is 1. The Morgan fingerprint density at radius 1 is 1.42 bits per heavy atom. The predicted molar refractivity (Wildman–Crippen MR) is 74.9 cm³/mol. The lowest BCUT2D eigenvalue weighted by atomic mass is 9.97. The van der Waals surface area contributed by atoms with Crippen LogP contribution in [-0.4, -0.2) is 40.2 Å². The lowest BCUT2D eigenvalue weighted by Crippen LogP contribution is -2.40. The van der Waals surface area contributed by atoms with Gasteiger partial charge in [0.25, 0.3) is 5.91 Å². The summed E-state index contributed by atoms with van der Waals surface area (Å²) < 4.78 is 1.84. The molecule has 2 N–H and O–H groups in total. The molecular weight excluding hydrogens is 240 g/mol. The Kier molecular flexibility index (Phi) is 3.94. The molecule has 106 valence electrons. The molecule has 2 rings (SSSR count).